The van der Waals surface area contributed by atoms with E-state index in [1.54, 1.807) is 18.2 Å². The molecule has 6 N–H and O–H groups in total. The lowest BCUT2D eigenvalue weighted by atomic mass is 9.98. The molecule has 0 saturated carbocycles. The molecule has 2 fully saturated rings. The molecule has 2 aliphatic rings. The van der Waals surface area contributed by atoms with Crippen molar-refractivity contribution in [2.45, 2.75) is 50.2 Å². The van der Waals surface area contributed by atoms with Crippen LogP contribution in [0.4, 0.5) is 5.69 Å². The number of likely N-dealkylation sites (tertiary alicyclic amines) is 1. The van der Waals surface area contributed by atoms with Gasteiger partial charge in [0.2, 0.25) is 0 Å². The van der Waals surface area contributed by atoms with E-state index in [4.69, 9.17) is 21.3 Å². The highest BCUT2D eigenvalue weighted by molar-refractivity contribution is 6.27. The number of aromatic hydroxyl groups is 1. The first kappa shape index (κ1) is 36.0. The number of aldehydes is 2. The molecule has 2 heterocycles. The molecule has 2 unspecified atom stereocenters. The standard InChI is InChI=1S/C36H41N5O4.C2H7N/c37-34(32-5-1-2-6-35(32)44)22-33(36(38)39)26-7-11-28(12-8-26)40-19-16-29(17-20-40)41-18-15-27(23-41)25-9-13-30(14-10-25)45-31(24-43)4-3-21-42;1-3-2/h1-2,5-14,21-22,24,27,29,31,37,44H,3-4,15-20,23H2,(H3,38,39);3H,1-2H3/b33-22-,37-34?;. The first-order chi connectivity index (χ1) is 23.3. The molecule has 2 aliphatic heterocycles. The number of rotatable bonds is 13. The van der Waals surface area contributed by atoms with Crippen molar-refractivity contribution < 1.29 is 19.4 Å². The zero-order valence-electron chi connectivity index (χ0n) is 27.9. The predicted octanol–water partition coefficient (Wildman–Crippen LogP) is 5.00. The van der Waals surface area contributed by atoms with E-state index in [2.05, 4.69) is 39.4 Å². The van der Waals surface area contributed by atoms with Gasteiger partial charge in [-0.15, -0.1) is 0 Å². The summed E-state index contributed by atoms with van der Waals surface area (Å²) in [6, 6.07) is 23.2. The number of amidine groups is 1. The summed E-state index contributed by atoms with van der Waals surface area (Å²) in [7, 11) is 3.75. The molecule has 3 aromatic rings. The molecule has 2 saturated heterocycles. The fraction of sp³-hybridized carbons (Fsp3) is 0.368. The second kappa shape index (κ2) is 17.9. The molecule has 10 nitrogen and oxygen atoms in total. The summed E-state index contributed by atoms with van der Waals surface area (Å²) in [5.74, 6) is 1.01. The van der Waals surface area contributed by atoms with Crippen molar-refractivity contribution in [3.8, 4) is 11.5 Å². The zero-order valence-corrected chi connectivity index (χ0v) is 27.9. The van der Waals surface area contributed by atoms with Gasteiger partial charge in [-0.25, -0.2) is 0 Å². The highest BCUT2D eigenvalue weighted by Crippen LogP contribution is 2.33. The van der Waals surface area contributed by atoms with Crippen molar-refractivity contribution in [1.29, 1.82) is 10.8 Å². The highest BCUT2D eigenvalue weighted by atomic mass is 16.5. The van der Waals surface area contributed by atoms with Crippen molar-refractivity contribution in [2.24, 2.45) is 5.73 Å². The van der Waals surface area contributed by atoms with Crippen molar-refractivity contribution in [3.63, 3.8) is 0 Å². The van der Waals surface area contributed by atoms with Gasteiger partial charge in [0.1, 0.15) is 23.6 Å². The normalized spacial score (nSPS) is 17.6. The minimum atomic E-state index is -0.599. The Labute approximate surface area is 283 Å². The van der Waals surface area contributed by atoms with Crippen LogP contribution < -0.4 is 20.7 Å². The van der Waals surface area contributed by atoms with Crippen molar-refractivity contribution in [2.75, 3.05) is 45.2 Å². The van der Waals surface area contributed by atoms with Crippen molar-refractivity contribution >= 4 is 35.4 Å². The summed E-state index contributed by atoms with van der Waals surface area (Å²) in [6.45, 7) is 4.04. The van der Waals surface area contributed by atoms with Crippen LogP contribution in [0, 0.1) is 10.8 Å². The van der Waals surface area contributed by atoms with Gasteiger partial charge in [-0.1, -0.05) is 36.4 Å². The van der Waals surface area contributed by atoms with E-state index in [0.29, 0.717) is 41.7 Å². The maximum Gasteiger partial charge on any atom is 0.160 e. The van der Waals surface area contributed by atoms with Gasteiger partial charge in [-0.2, -0.15) is 0 Å². The molecule has 0 amide bonds. The molecule has 2 atom stereocenters. The van der Waals surface area contributed by atoms with E-state index in [-0.39, 0.29) is 17.3 Å². The predicted molar refractivity (Wildman–Crippen MR) is 193 cm³/mol. The fourth-order valence-corrected chi connectivity index (χ4v) is 6.35. The minimum Gasteiger partial charge on any atom is -0.507 e. The van der Waals surface area contributed by atoms with Crippen LogP contribution in [0.1, 0.15) is 54.7 Å². The molecule has 0 aliphatic carbocycles. The molecular weight excluding hydrogens is 604 g/mol. The molecule has 0 spiro atoms. The second-order valence-corrected chi connectivity index (χ2v) is 12.3. The van der Waals surface area contributed by atoms with Gasteiger partial charge >= 0.3 is 0 Å². The van der Waals surface area contributed by atoms with E-state index in [9.17, 15) is 14.7 Å². The maximum atomic E-state index is 11.2. The lowest BCUT2D eigenvalue weighted by molar-refractivity contribution is -0.114. The van der Waals surface area contributed by atoms with E-state index in [1.807, 2.05) is 38.4 Å². The average molecular weight is 653 g/mol. The number of benzene rings is 3. The summed E-state index contributed by atoms with van der Waals surface area (Å²) < 4.78 is 5.73. The van der Waals surface area contributed by atoms with Crippen LogP contribution in [0.15, 0.2) is 78.9 Å². The van der Waals surface area contributed by atoms with Crippen LogP contribution in [0.3, 0.4) is 0 Å². The number of carbonyl (C=O) groups excluding carboxylic acids is 2. The van der Waals surface area contributed by atoms with Gasteiger partial charge in [-0.05, 0) is 106 Å². The van der Waals surface area contributed by atoms with Crippen LogP contribution >= 0.6 is 0 Å². The topological polar surface area (TPSA) is 156 Å². The van der Waals surface area contributed by atoms with Crippen LogP contribution in [0.25, 0.3) is 5.57 Å². The molecule has 0 radical (unpaired) electrons. The smallest absolute Gasteiger partial charge is 0.160 e. The Kier molecular flexibility index (Phi) is 13.5. The largest absolute Gasteiger partial charge is 0.507 e. The molecule has 0 aromatic heterocycles. The summed E-state index contributed by atoms with van der Waals surface area (Å²) >= 11 is 0. The van der Waals surface area contributed by atoms with Gasteiger partial charge in [0.15, 0.2) is 12.4 Å². The molecule has 0 bridgehead atoms. The number of piperidine rings is 1. The van der Waals surface area contributed by atoms with Crippen molar-refractivity contribution in [1.82, 2.24) is 10.2 Å². The van der Waals surface area contributed by atoms with Gasteiger partial charge in [0.25, 0.3) is 0 Å². The third-order valence-electron chi connectivity index (χ3n) is 8.88. The Balaban J connectivity index is 0.00000167. The number of phenols is 1. The molecule has 10 heteroatoms. The van der Waals surface area contributed by atoms with Crippen LogP contribution in [-0.4, -0.2) is 86.5 Å². The monoisotopic (exact) mass is 652 g/mol. The molecule has 5 rings (SSSR count). The number of hydrogen-bond donors (Lipinski definition) is 5. The van der Waals surface area contributed by atoms with Crippen LogP contribution in [-0.2, 0) is 9.59 Å². The Morgan fingerprint density at radius 2 is 1.65 bits per heavy atom. The molecule has 254 valence electrons. The van der Waals surface area contributed by atoms with Gasteiger partial charge in [0.05, 0.1) is 5.71 Å². The number of nitrogens with zero attached hydrogens (tertiary/aromatic N) is 2. The number of nitrogens with two attached hydrogens (primary N) is 1. The number of phenolic OH excluding ortho intramolecular Hbond substituents is 1. The summed E-state index contributed by atoms with van der Waals surface area (Å²) in [4.78, 5) is 26.9. The lowest BCUT2D eigenvalue weighted by Gasteiger charge is -2.38. The van der Waals surface area contributed by atoms with Crippen LogP contribution in [0.2, 0.25) is 0 Å². The fourth-order valence-electron chi connectivity index (χ4n) is 6.35. The summed E-state index contributed by atoms with van der Waals surface area (Å²) in [5.41, 5.74) is 9.98. The average Bonchev–Trinajstić information content (AvgIpc) is 3.60. The number of hydrogen-bond acceptors (Lipinski definition) is 9. The number of para-hydroxylation sites is 1. The van der Waals surface area contributed by atoms with Crippen molar-refractivity contribution in [3.05, 3.63) is 95.6 Å². The number of nitrogens with one attached hydrogen (secondary N) is 3. The third-order valence-corrected chi connectivity index (χ3v) is 8.88. The van der Waals surface area contributed by atoms with Gasteiger partial charge in [0, 0.05) is 48.9 Å². The van der Waals surface area contributed by atoms with E-state index in [1.165, 1.54) is 17.7 Å². The number of anilines is 1. The molecule has 48 heavy (non-hydrogen) atoms. The van der Waals surface area contributed by atoms with Gasteiger partial charge < -0.3 is 36.0 Å². The summed E-state index contributed by atoms with van der Waals surface area (Å²) in [6.07, 6.45) is 6.48. The van der Waals surface area contributed by atoms with E-state index >= 15 is 0 Å². The summed E-state index contributed by atoms with van der Waals surface area (Å²) in [5, 5.41) is 29.4. The highest BCUT2D eigenvalue weighted by Gasteiger charge is 2.31. The SMILES string of the molecule is CNC.N=C(N)/C(=C\C(=N)c1ccccc1O)c1ccc(N2CCC(N3CCC(c4ccc(OC(C=O)CCC=O)cc4)C3)CC2)cc1. The van der Waals surface area contributed by atoms with Gasteiger partial charge in [-0.3, -0.25) is 15.1 Å². The Bertz CT molecular complexity index is 1550. The molecule has 3 aromatic carbocycles. The lowest BCUT2D eigenvalue weighted by Crippen LogP contribution is -2.44. The van der Waals surface area contributed by atoms with E-state index in [0.717, 1.165) is 69.3 Å². The Morgan fingerprint density at radius 3 is 2.25 bits per heavy atom. The number of allylic oxidation sites excluding steroid dienone is 1. The number of ether oxygens (including phenoxy) is 1. The second-order valence-electron chi connectivity index (χ2n) is 12.3. The first-order valence-corrected chi connectivity index (χ1v) is 16.5. The Hall–Kier alpha value is -4.80. The maximum absolute atomic E-state index is 11.2. The van der Waals surface area contributed by atoms with Crippen LogP contribution in [0.5, 0.6) is 11.5 Å². The minimum absolute atomic E-state index is 0.0166. The third kappa shape index (κ3) is 9.62. The zero-order chi connectivity index (χ0) is 34.5. The number of carbonyl (C=O) groups is 2. The van der Waals surface area contributed by atoms with E-state index < -0.39 is 6.10 Å². The molecular formula is C38H48N6O4. The Morgan fingerprint density at radius 1 is 0.979 bits per heavy atom. The quantitative estimate of drug-likeness (QED) is 0.0982. The first-order valence-electron chi connectivity index (χ1n) is 16.5.